The molecule has 2 rings (SSSR count). The summed E-state index contributed by atoms with van der Waals surface area (Å²) in [6, 6.07) is 2.24. The van der Waals surface area contributed by atoms with Crippen molar-refractivity contribution in [2.45, 2.75) is 57.7 Å². The van der Waals surface area contributed by atoms with Gasteiger partial charge in [-0.05, 0) is 45.4 Å². The molecule has 0 aromatic rings. The summed E-state index contributed by atoms with van der Waals surface area (Å²) in [4.78, 5) is 2.67. The Balaban J connectivity index is 2.04. The normalized spacial score (nSPS) is 40.2. The Hall–Kier alpha value is -0.0800. The fourth-order valence-electron chi connectivity index (χ4n) is 3.32. The number of rotatable bonds is 2. The van der Waals surface area contributed by atoms with Gasteiger partial charge in [0.25, 0.3) is 0 Å². The van der Waals surface area contributed by atoms with E-state index in [4.69, 9.17) is 5.11 Å². The molecule has 13 heavy (non-hydrogen) atoms. The molecule has 0 aromatic carbocycles. The summed E-state index contributed by atoms with van der Waals surface area (Å²) in [5.41, 5.74) is 0. The SMILES string of the molecule is CC(C)N1C2CCC1CC(CO)C2. The van der Waals surface area contributed by atoms with Crippen molar-refractivity contribution in [1.82, 2.24) is 4.90 Å². The maximum Gasteiger partial charge on any atom is 0.0460 e. The Labute approximate surface area is 80.9 Å². The van der Waals surface area contributed by atoms with Gasteiger partial charge in [-0.15, -0.1) is 0 Å². The van der Waals surface area contributed by atoms with Gasteiger partial charge in [-0.1, -0.05) is 0 Å². The molecule has 2 heteroatoms. The zero-order chi connectivity index (χ0) is 9.42. The summed E-state index contributed by atoms with van der Waals surface area (Å²) >= 11 is 0. The fraction of sp³-hybridized carbons (Fsp3) is 1.00. The molecule has 2 unspecified atom stereocenters. The van der Waals surface area contributed by atoms with Crippen molar-refractivity contribution in [2.24, 2.45) is 5.92 Å². The Kier molecular flexibility index (Phi) is 2.61. The number of nitrogens with zero attached hydrogens (tertiary/aromatic N) is 1. The van der Waals surface area contributed by atoms with Gasteiger partial charge in [-0.3, -0.25) is 4.90 Å². The van der Waals surface area contributed by atoms with Crippen LogP contribution in [0.15, 0.2) is 0 Å². The molecule has 76 valence electrons. The molecule has 0 saturated carbocycles. The van der Waals surface area contributed by atoms with Crippen molar-refractivity contribution < 1.29 is 5.11 Å². The molecule has 2 fully saturated rings. The minimum atomic E-state index is 0.402. The van der Waals surface area contributed by atoms with Crippen LogP contribution < -0.4 is 0 Å². The highest BCUT2D eigenvalue weighted by Crippen LogP contribution is 2.39. The molecule has 0 radical (unpaired) electrons. The Bertz CT molecular complexity index is 167. The maximum atomic E-state index is 9.16. The number of piperidine rings is 1. The summed E-state index contributed by atoms with van der Waals surface area (Å²) < 4.78 is 0. The first-order valence-corrected chi connectivity index (χ1v) is 5.60. The Morgan fingerprint density at radius 3 is 2.15 bits per heavy atom. The molecule has 2 nitrogen and oxygen atoms in total. The zero-order valence-corrected chi connectivity index (χ0v) is 8.74. The summed E-state index contributed by atoms with van der Waals surface area (Å²) in [5, 5.41) is 9.16. The van der Waals surface area contributed by atoms with Crippen LogP contribution >= 0.6 is 0 Å². The maximum absolute atomic E-state index is 9.16. The van der Waals surface area contributed by atoms with Crippen molar-refractivity contribution in [3.63, 3.8) is 0 Å². The number of fused-ring (bicyclic) bond motifs is 2. The molecule has 2 heterocycles. The van der Waals surface area contributed by atoms with E-state index in [-0.39, 0.29) is 0 Å². The second-order valence-corrected chi connectivity index (χ2v) is 4.95. The zero-order valence-electron chi connectivity index (χ0n) is 8.74. The lowest BCUT2D eigenvalue weighted by Crippen LogP contribution is -2.47. The number of hydrogen-bond acceptors (Lipinski definition) is 2. The van der Waals surface area contributed by atoms with Crippen LogP contribution in [0.5, 0.6) is 0 Å². The number of hydrogen-bond donors (Lipinski definition) is 1. The number of aliphatic hydroxyl groups is 1. The van der Waals surface area contributed by atoms with E-state index in [1.165, 1.54) is 25.7 Å². The average molecular weight is 183 g/mol. The van der Waals surface area contributed by atoms with E-state index in [0.29, 0.717) is 18.6 Å². The third-order valence-corrected chi connectivity index (χ3v) is 3.74. The quantitative estimate of drug-likeness (QED) is 0.703. The Morgan fingerprint density at radius 2 is 1.77 bits per heavy atom. The molecule has 0 amide bonds. The van der Waals surface area contributed by atoms with Gasteiger partial charge in [0.15, 0.2) is 0 Å². The van der Waals surface area contributed by atoms with Gasteiger partial charge in [0, 0.05) is 24.7 Å². The van der Waals surface area contributed by atoms with Crippen LogP contribution in [0.3, 0.4) is 0 Å². The van der Waals surface area contributed by atoms with Crippen molar-refractivity contribution >= 4 is 0 Å². The standard InChI is InChI=1S/C11H21NO/c1-8(2)12-10-3-4-11(12)6-9(5-10)7-13/h8-11,13H,3-7H2,1-2H3. The molecule has 0 spiro atoms. The fourth-order valence-corrected chi connectivity index (χ4v) is 3.32. The van der Waals surface area contributed by atoms with Gasteiger partial charge in [-0.2, -0.15) is 0 Å². The van der Waals surface area contributed by atoms with E-state index in [9.17, 15) is 0 Å². The van der Waals surface area contributed by atoms with Gasteiger partial charge < -0.3 is 5.11 Å². The van der Waals surface area contributed by atoms with E-state index >= 15 is 0 Å². The van der Waals surface area contributed by atoms with Crippen molar-refractivity contribution in [3.8, 4) is 0 Å². The average Bonchev–Trinajstić information content (AvgIpc) is 2.37. The van der Waals surface area contributed by atoms with E-state index in [1.54, 1.807) is 0 Å². The summed E-state index contributed by atoms with van der Waals surface area (Å²) in [6.07, 6.45) is 5.18. The van der Waals surface area contributed by atoms with Gasteiger partial charge in [0.1, 0.15) is 0 Å². The third kappa shape index (κ3) is 1.62. The summed E-state index contributed by atoms with van der Waals surface area (Å²) in [7, 11) is 0. The molecule has 0 aliphatic carbocycles. The minimum Gasteiger partial charge on any atom is -0.396 e. The lowest BCUT2D eigenvalue weighted by molar-refractivity contribution is 0.0513. The molecule has 2 saturated heterocycles. The van der Waals surface area contributed by atoms with E-state index < -0.39 is 0 Å². The summed E-state index contributed by atoms with van der Waals surface area (Å²) in [5.74, 6) is 0.590. The lowest BCUT2D eigenvalue weighted by Gasteiger charge is -2.41. The van der Waals surface area contributed by atoms with Crippen LogP contribution in [0.2, 0.25) is 0 Å². The first-order chi connectivity index (χ1) is 6.22. The van der Waals surface area contributed by atoms with Crippen LogP contribution in [-0.4, -0.2) is 34.7 Å². The van der Waals surface area contributed by atoms with Crippen molar-refractivity contribution in [1.29, 1.82) is 0 Å². The van der Waals surface area contributed by atoms with Crippen LogP contribution in [0.25, 0.3) is 0 Å². The van der Waals surface area contributed by atoms with E-state index in [0.717, 1.165) is 12.1 Å². The minimum absolute atomic E-state index is 0.402. The molecule has 2 bridgehead atoms. The van der Waals surface area contributed by atoms with E-state index in [2.05, 4.69) is 18.7 Å². The predicted molar refractivity (Wildman–Crippen MR) is 53.6 cm³/mol. The van der Waals surface area contributed by atoms with Gasteiger partial charge in [0.05, 0.1) is 0 Å². The second-order valence-electron chi connectivity index (χ2n) is 4.95. The highest BCUT2D eigenvalue weighted by atomic mass is 16.3. The largest absolute Gasteiger partial charge is 0.396 e. The topological polar surface area (TPSA) is 23.5 Å². The molecular weight excluding hydrogens is 162 g/mol. The summed E-state index contributed by atoms with van der Waals surface area (Å²) in [6.45, 7) is 4.99. The molecule has 2 aliphatic heterocycles. The molecule has 1 N–H and O–H groups in total. The van der Waals surface area contributed by atoms with E-state index in [1.807, 2.05) is 0 Å². The van der Waals surface area contributed by atoms with Crippen molar-refractivity contribution in [3.05, 3.63) is 0 Å². The van der Waals surface area contributed by atoms with Crippen LogP contribution in [0.4, 0.5) is 0 Å². The third-order valence-electron chi connectivity index (χ3n) is 3.74. The molecule has 2 aliphatic rings. The Morgan fingerprint density at radius 1 is 1.23 bits per heavy atom. The highest BCUT2D eigenvalue weighted by Gasteiger charge is 2.41. The van der Waals surface area contributed by atoms with Crippen LogP contribution in [0, 0.1) is 5.92 Å². The first kappa shape index (κ1) is 9.47. The monoisotopic (exact) mass is 183 g/mol. The molecule has 2 atom stereocenters. The van der Waals surface area contributed by atoms with Crippen molar-refractivity contribution in [2.75, 3.05) is 6.61 Å². The first-order valence-electron chi connectivity index (χ1n) is 5.60. The predicted octanol–water partition coefficient (Wildman–Crippen LogP) is 1.63. The van der Waals surface area contributed by atoms with Gasteiger partial charge in [0.2, 0.25) is 0 Å². The van der Waals surface area contributed by atoms with Crippen LogP contribution in [-0.2, 0) is 0 Å². The second kappa shape index (κ2) is 3.58. The number of aliphatic hydroxyl groups excluding tert-OH is 1. The lowest BCUT2D eigenvalue weighted by atomic mass is 9.90. The highest BCUT2D eigenvalue weighted by molar-refractivity contribution is 4.96. The van der Waals surface area contributed by atoms with Crippen LogP contribution in [0.1, 0.15) is 39.5 Å². The molecule has 0 aromatic heterocycles. The van der Waals surface area contributed by atoms with Gasteiger partial charge in [-0.25, -0.2) is 0 Å². The smallest absolute Gasteiger partial charge is 0.0460 e. The molecular formula is C11H21NO. The van der Waals surface area contributed by atoms with Gasteiger partial charge >= 0.3 is 0 Å².